The van der Waals surface area contributed by atoms with Crippen LogP contribution in [0.25, 0.3) is 0 Å². The summed E-state index contributed by atoms with van der Waals surface area (Å²) in [6, 6.07) is 4.20. The Bertz CT molecular complexity index is 569. The van der Waals surface area contributed by atoms with Crippen molar-refractivity contribution in [2.24, 2.45) is 0 Å². The summed E-state index contributed by atoms with van der Waals surface area (Å²) in [5.74, 6) is -1.08. The Morgan fingerprint density at radius 1 is 1.23 bits per heavy atom. The normalized spacial score (nSPS) is 9.95. The fraction of sp³-hybridized carbons (Fsp3) is 0.400. The molecule has 0 heterocycles. The Morgan fingerprint density at radius 3 is 2.45 bits per heavy atom. The molecule has 22 heavy (non-hydrogen) atoms. The molecule has 0 unspecified atom stereocenters. The molecule has 0 spiro atoms. The highest BCUT2D eigenvalue weighted by atomic mass is 16.5. The number of ether oxygens (including phenoxy) is 1. The minimum atomic E-state index is -1.07. The van der Waals surface area contributed by atoms with Gasteiger partial charge in [0.15, 0.2) is 0 Å². The van der Waals surface area contributed by atoms with E-state index in [9.17, 15) is 14.4 Å². The molecule has 120 valence electrons. The summed E-state index contributed by atoms with van der Waals surface area (Å²) in [5.41, 5.74) is 0.475. The highest BCUT2D eigenvalue weighted by Crippen LogP contribution is 2.25. The lowest BCUT2D eigenvalue weighted by atomic mass is 10.1. The van der Waals surface area contributed by atoms with E-state index in [4.69, 9.17) is 9.84 Å². The van der Waals surface area contributed by atoms with E-state index in [1.54, 1.807) is 14.1 Å². The molecule has 0 radical (unpaired) electrons. The van der Waals surface area contributed by atoms with Crippen molar-refractivity contribution in [2.45, 2.75) is 19.3 Å². The SMILES string of the molecule is COc1cc(C(=O)O)ccc1NC(=O)CCCC(=O)N(C)C. The molecule has 7 heteroatoms. The highest BCUT2D eigenvalue weighted by Gasteiger charge is 2.12. The topological polar surface area (TPSA) is 95.9 Å². The molecule has 1 aromatic rings. The van der Waals surface area contributed by atoms with E-state index in [2.05, 4.69) is 5.32 Å². The number of hydrogen-bond acceptors (Lipinski definition) is 4. The van der Waals surface area contributed by atoms with E-state index in [1.165, 1.54) is 30.2 Å². The zero-order valence-electron chi connectivity index (χ0n) is 12.9. The van der Waals surface area contributed by atoms with Gasteiger partial charge in [0.2, 0.25) is 11.8 Å². The summed E-state index contributed by atoms with van der Waals surface area (Å²) in [6.07, 6.45) is 0.942. The van der Waals surface area contributed by atoms with Crippen LogP contribution in [0.5, 0.6) is 5.75 Å². The Morgan fingerprint density at radius 2 is 1.91 bits per heavy atom. The third-order valence-electron chi connectivity index (χ3n) is 3.02. The summed E-state index contributed by atoms with van der Waals surface area (Å²) in [5, 5.41) is 11.6. The monoisotopic (exact) mass is 308 g/mol. The molecule has 0 aliphatic carbocycles. The zero-order valence-corrected chi connectivity index (χ0v) is 12.9. The van der Waals surface area contributed by atoms with Crippen LogP contribution in [-0.4, -0.2) is 49.0 Å². The number of aromatic carboxylic acids is 1. The maximum absolute atomic E-state index is 11.8. The van der Waals surface area contributed by atoms with E-state index >= 15 is 0 Å². The first kappa shape index (κ1) is 17.5. The Hall–Kier alpha value is -2.57. The van der Waals surface area contributed by atoms with Gasteiger partial charge in [0.05, 0.1) is 18.4 Å². The van der Waals surface area contributed by atoms with Gasteiger partial charge in [0, 0.05) is 26.9 Å². The molecule has 2 N–H and O–H groups in total. The minimum Gasteiger partial charge on any atom is -0.495 e. The average molecular weight is 308 g/mol. The fourth-order valence-corrected chi connectivity index (χ4v) is 1.76. The Balaban J connectivity index is 2.61. The second-order valence-corrected chi connectivity index (χ2v) is 4.91. The molecule has 0 bridgehead atoms. The van der Waals surface area contributed by atoms with Crippen molar-refractivity contribution in [3.8, 4) is 5.75 Å². The molecular weight excluding hydrogens is 288 g/mol. The van der Waals surface area contributed by atoms with Gasteiger partial charge in [0.25, 0.3) is 0 Å². The van der Waals surface area contributed by atoms with Gasteiger partial charge in [0.1, 0.15) is 5.75 Å². The van der Waals surface area contributed by atoms with Crippen LogP contribution >= 0.6 is 0 Å². The van der Waals surface area contributed by atoms with Crippen LogP contribution in [0.2, 0.25) is 0 Å². The Kier molecular flexibility index (Phi) is 6.37. The predicted molar refractivity (Wildman–Crippen MR) is 81.1 cm³/mol. The largest absolute Gasteiger partial charge is 0.495 e. The number of rotatable bonds is 7. The quantitative estimate of drug-likeness (QED) is 0.797. The fourth-order valence-electron chi connectivity index (χ4n) is 1.76. The van der Waals surface area contributed by atoms with E-state index < -0.39 is 5.97 Å². The number of carboxylic acid groups (broad SMARTS) is 1. The lowest BCUT2D eigenvalue weighted by Gasteiger charge is -2.12. The average Bonchev–Trinajstić information content (AvgIpc) is 2.47. The van der Waals surface area contributed by atoms with Gasteiger partial charge in [-0.25, -0.2) is 4.79 Å². The van der Waals surface area contributed by atoms with Crippen molar-refractivity contribution in [1.82, 2.24) is 4.90 Å². The van der Waals surface area contributed by atoms with E-state index in [0.29, 0.717) is 18.5 Å². The molecule has 7 nitrogen and oxygen atoms in total. The maximum Gasteiger partial charge on any atom is 0.335 e. The van der Waals surface area contributed by atoms with Crippen molar-refractivity contribution in [2.75, 3.05) is 26.5 Å². The molecule has 0 fully saturated rings. The number of benzene rings is 1. The van der Waals surface area contributed by atoms with Gasteiger partial charge >= 0.3 is 5.97 Å². The number of nitrogens with one attached hydrogen (secondary N) is 1. The first-order valence-corrected chi connectivity index (χ1v) is 6.76. The number of carboxylic acids is 1. The lowest BCUT2D eigenvalue weighted by Crippen LogP contribution is -2.22. The van der Waals surface area contributed by atoms with Crippen molar-refractivity contribution in [3.05, 3.63) is 23.8 Å². The second-order valence-electron chi connectivity index (χ2n) is 4.91. The molecule has 2 amide bonds. The van der Waals surface area contributed by atoms with Gasteiger partial charge < -0.3 is 20.1 Å². The van der Waals surface area contributed by atoms with Crippen molar-refractivity contribution in [3.63, 3.8) is 0 Å². The van der Waals surface area contributed by atoms with Crippen LogP contribution in [0.15, 0.2) is 18.2 Å². The van der Waals surface area contributed by atoms with Crippen LogP contribution in [0.4, 0.5) is 5.69 Å². The third-order valence-corrected chi connectivity index (χ3v) is 3.02. The van der Waals surface area contributed by atoms with Gasteiger partial charge in [-0.1, -0.05) is 0 Å². The van der Waals surface area contributed by atoms with Crippen LogP contribution in [0.3, 0.4) is 0 Å². The van der Waals surface area contributed by atoms with E-state index in [-0.39, 0.29) is 29.5 Å². The molecule has 0 atom stereocenters. The van der Waals surface area contributed by atoms with E-state index in [0.717, 1.165) is 0 Å². The zero-order chi connectivity index (χ0) is 16.7. The predicted octanol–water partition coefficient (Wildman–Crippen LogP) is 1.59. The number of anilines is 1. The third kappa shape index (κ3) is 5.08. The molecule has 1 rings (SSSR count). The number of carbonyl (C=O) groups excluding carboxylic acids is 2. The first-order chi connectivity index (χ1) is 10.3. The summed E-state index contributed by atoms with van der Waals surface area (Å²) in [7, 11) is 4.72. The highest BCUT2D eigenvalue weighted by molar-refractivity contribution is 5.94. The van der Waals surface area contributed by atoms with Crippen LogP contribution in [0, 0.1) is 0 Å². The maximum atomic E-state index is 11.8. The van der Waals surface area contributed by atoms with Crippen LogP contribution in [0.1, 0.15) is 29.6 Å². The number of carbonyl (C=O) groups is 3. The minimum absolute atomic E-state index is 0.0313. The molecule has 1 aromatic carbocycles. The lowest BCUT2D eigenvalue weighted by molar-refractivity contribution is -0.128. The molecular formula is C15H20N2O5. The molecule has 0 aliphatic rings. The van der Waals surface area contributed by atoms with Crippen molar-refractivity contribution < 1.29 is 24.2 Å². The van der Waals surface area contributed by atoms with Crippen LogP contribution in [-0.2, 0) is 9.59 Å². The summed E-state index contributed by atoms with van der Waals surface area (Å²) in [4.78, 5) is 35.6. The van der Waals surface area contributed by atoms with Gasteiger partial charge in [-0.05, 0) is 24.6 Å². The second kappa shape index (κ2) is 8.02. The van der Waals surface area contributed by atoms with Gasteiger partial charge in [-0.3, -0.25) is 9.59 Å². The van der Waals surface area contributed by atoms with Crippen LogP contribution < -0.4 is 10.1 Å². The standard InChI is InChI=1S/C15H20N2O5/c1-17(2)14(19)6-4-5-13(18)16-11-8-7-10(15(20)21)9-12(11)22-3/h7-9H,4-6H2,1-3H3,(H,16,18)(H,20,21). The first-order valence-electron chi connectivity index (χ1n) is 6.76. The van der Waals surface area contributed by atoms with E-state index in [1.807, 2.05) is 0 Å². The molecule has 0 aliphatic heterocycles. The van der Waals surface area contributed by atoms with Gasteiger partial charge in [-0.2, -0.15) is 0 Å². The Labute approximate surface area is 128 Å². The number of hydrogen-bond donors (Lipinski definition) is 2. The van der Waals surface area contributed by atoms with Crippen molar-refractivity contribution in [1.29, 1.82) is 0 Å². The molecule has 0 aromatic heterocycles. The molecule has 0 saturated heterocycles. The smallest absolute Gasteiger partial charge is 0.335 e. The summed E-state index contributed by atoms with van der Waals surface area (Å²) < 4.78 is 5.07. The summed E-state index contributed by atoms with van der Waals surface area (Å²) >= 11 is 0. The summed E-state index contributed by atoms with van der Waals surface area (Å²) in [6.45, 7) is 0. The number of amides is 2. The number of nitrogens with zero attached hydrogens (tertiary/aromatic N) is 1. The molecule has 0 saturated carbocycles. The van der Waals surface area contributed by atoms with Crippen molar-refractivity contribution >= 4 is 23.5 Å². The van der Waals surface area contributed by atoms with Gasteiger partial charge in [-0.15, -0.1) is 0 Å². The number of methoxy groups -OCH3 is 1.